The smallest absolute Gasteiger partial charge is 0.223 e. The Morgan fingerprint density at radius 3 is 2.67 bits per heavy atom. The molecule has 2 rings (SSSR count). The Bertz CT molecular complexity index is 297. The highest BCUT2D eigenvalue weighted by Gasteiger charge is 2.34. The summed E-state index contributed by atoms with van der Waals surface area (Å²) in [5.41, 5.74) is 0.0956. The lowest BCUT2D eigenvalue weighted by molar-refractivity contribution is -0.123. The molecule has 3 heteroatoms. The molecule has 0 bridgehead atoms. The van der Waals surface area contributed by atoms with Crippen LogP contribution in [0, 0.1) is 11.8 Å². The largest absolute Gasteiger partial charge is 0.354 e. The Balaban J connectivity index is 1.82. The van der Waals surface area contributed by atoms with Crippen LogP contribution in [-0.4, -0.2) is 36.0 Å². The van der Waals surface area contributed by atoms with Gasteiger partial charge in [0.2, 0.25) is 5.91 Å². The quantitative estimate of drug-likeness (QED) is 0.815. The van der Waals surface area contributed by atoms with Crippen LogP contribution in [0.4, 0.5) is 0 Å². The first kappa shape index (κ1) is 13.9. The van der Waals surface area contributed by atoms with E-state index in [2.05, 4.69) is 31.0 Å². The maximum absolute atomic E-state index is 11.7. The fourth-order valence-electron chi connectivity index (χ4n) is 2.85. The summed E-state index contributed by atoms with van der Waals surface area (Å²) in [4.78, 5) is 14.3. The predicted octanol–water partition coefficient (Wildman–Crippen LogP) is 2.41. The van der Waals surface area contributed by atoms with Crippen LogP contribution in [-0.2, 0) is 4.79 Å². The van der Waals surface area contributed by atoms with Crippen molar-refractivity contribution >= 4 is 5.91 Å². The number of amides is 1. The van der Waals surface area contributed by atoms with Gasteiger partial charge in [0.05, 0.1) is 0 Å². The van der Waals surface area contributed by atoms with E-state index < -0.39 is 0 Å². The summed E-state index contributed by atoms with van der Waals surface area (Å²) in [7, 11) is 0. The van der Waals surface area contributed by atoms with Crippen molar-refractivity contribution < 1.29 is 4.79 Å². The molecule has 1 aliphatic heterocycles. The highest BCUT2D eigenvalue weighted by atomic mass is 16.2. The van der Waals surface area contributed by atoms with Gasteiger partial charge in [-0.3, -0.25) is 9.69 Å². The monoisotopic (exact) mass is 252 g/mol. The molecule has 1 saturated heterocycles. The van der Waals surface area contributed by atoms with E-state index in [1.165, 1.54) is 32.4 Å². The number of nitrogens with zero attached hydrogens (tertiary/aromatic N) is 1. The normalized spacial score (nSPS) is 26.1. The molecular weight excluding hydrogens is 224 g/mol. The molecule has 1 saturated carbocycles. The van der Waals surface area contributed by atoms with Gasteiger partial charge in [-0.15, -0.1) is 0 Å². The highest BCUT2D eigenvalue weighted by molar-refractivity contribution is 5.80. The first-order valence-corrected chi connectivity index (χ1v) is 7.55. The first-order chi connectivity index (χ1) is 8.53. The minimum absolute atomic E-state index is 0.0956. The number of carbonyl (C=O) groups is 1. The molecule has 1 heterocycles. The van der Waals surface area contributed by atoms with E-state index in [9.17, 15) is 4.79 Å². The molecule has 1 N–H and O–H groups in total. The van der Waals surface area contributed by atoms with Gasteiger partial charge >= 0.3 is 0 Å². The summed E-state index contributed by atoms with van der Waals surface area (Å²) in [6.07, 6.45) is 6.14. The van der Waals surface area contributed by atoms with Crippen molar-refractivity contribution in [1.82, 2.24) is 10.2 Å². The lowest BCUT2D eigenvalue weighted by atomic mass is 9.91. The fourth-order valence-corrected chi connectivity index (χ4v) is 2.85. The van der Waals surface area contributed by atoms with Crippen LogP contribution in [0.2, 0.25) is 0 Å². The van der Waals surface area contributed by atoms with Crippen molar-refractivity contribution in [3.8, 4) is 0 Å². The molecule has 1 atom stereocenters. The number of piperidine rings is 1. The van der Waals surface area contributed by atoms with Gasteiger partial charge in [-0.1, -0.05) is 13.3 Å². The van der Waals surface area contributed by atoms with E-state index >= 15 is 0 Å². The number of hydrogen-bond donors (Lipinski definition) is 1. The maximum Gasteiger partial charge on any atom is 0.223 e. The summed E-state index contributed by atoms with van der Waals surface area (Å²) in [5, 5.41) is 3.13. The second-order valence-corrected chi connectivity index (χ2v) is 6.67. The van der Waals surface area contributed by atoms with Crippen LogP contribution >= 0.6 is 0 Å². The topological polar surface area (TPSA) is 32.3 Å². The Morgan fingerprint density at radius 1 is 1.33 bits per heavy atom. The van der Waals surface area contributed by atoms with E-state index in [0.29, 0.717) is 5.92 Å². The average molecular weight is 252 g/mol. The summed E-state index contributed by atoms with van der Waals surface area (Å²) >= 11 is 0. The highest BCUT2D eigenvalue weighted by Crippen LogP contribution is 2.29. The molecule has 0 aromatic rings. The zero-order valence-corrected chi connectivity index (χ0v) is 12.2. The lowest BCUT2D eigenvalue weighted by Crippen LogP contribution is -2.55. The Hall–Kier alpha value is -0.570. The Labute approximate surface area is 111 Å². The van der Waals surface area contributed by atoms with Gasteiger partial charge in [0.15, 0.2) is 0 Å². The number of rotatable bonds is 5. The number of hydrogen-bond acceptors (Lipinski definition) is 2. The molecular formula is C15H28N2O. The Morgan fingerprint density at radius 2 is 2.06 bits per heavy atom. The number of likely N-dealkylation sites (tertiary alicyclic amines) is 1. The second-order valence-electron chi connectivity index (χ2n) is 6.67. The van der Waals surface area contributed by atoms with Gasteiger partial charge in [-0.05, 0) is 52.0 Å². The molecule has 1 aliphatic carbocycles. The van der Waals surface area contributed by atoms with Crippen molar-refractivity contribution in [1.29, 1.82) is 0 Å². The molecule has 0 radical (unpaired) electrons. The van der Waals surface area contributed by atoms with Crippen LogP contribution in [0.3, 0.4) is 0 Å². The van der Waals surface area contributed by atoms with Crippen molar-refractivity contribution in [2.75, 3.05) is 19.6 Å². The van der Waals surface area contributed by atoms with Crippen molar-refractivity contribution in [3.05, 3.63) is 0 Å². The van der Waals surface area contributed by atoms with Crippen molar-refractivity contribution in [3.63, 3.8) is 0 Å². The third-order valence-electron chi connectivity index (χ3n) is 4.60. The summed E-state index contributed by atoms with van der Waals surface area (Å²) in [5.74, 6) is 1.44. The molecule has 0 unspecified atom stereocenters. The molecule has 0 spiro atoms. The number of nitrogens with one attached hydrogen (secondary N) is 1. The standard InChI is InChI=1S/C15H28N2O/c1-4-12-6-5-9-17(10-12)15(2,3)11-16-14(18)13-7-8-13/h12-13H,4-11H2,1-3H3,(H,16,18)/t12-/m1/s1. The molecule has 18 heavy (non-hydrogen) atoms. The third kappa shape index (κ3) is 3.47. The van der Waals surface area contributed by atoms with Gasteiger partial charge in [0, 0.05) is 24.5 Å². The summed E-state index contributed by atoms with van der Waals surface area (Å²) < 4.78 is 0. The van der Waals surface area contributed by atoms with Gasteiger partial charge < -0.3 is 5.32 Å². The molecule has 2 fully saturated rings. The molecule has 3 nitrogen and oxygen atoms in total. The molecule has 1 amide bonds. The lowest BCUT2D eigenvalue weighted by Gasteiger charge is -2.43. The molecule has 0 aromatic heterocycles. The van der Waals surface area contributed by atoms with Gasteiger partial charge in [-0.2, -0.15) is 0 Å². The maximum atomic E-state index is 11.7. The zero-order chi connectivity index (χ0) is 13.2. The van der Waals surface area contributed by atoms with E-state index in [1.54, 1.807) is 0 Å². The van der Waals surface area contributed by atoms with Gasteiger partial charge in [0.25, 0.3) is 0 Å². The SMILES string of the molecule is CC[C@@H]1CCCN(C(C)(C)CNC(=O)C2CC2)C1. The summed E-state index contributed by atoms with van der Waals surface area (Å²) in [6.45, 7) is 9.98. The van der Waals surface area contributed by atoms with E-state index in [0.717, 1.165) is 25.3 Å². The van der Waals surface area contributed by atoms with Crippen molar-refractivity contribution in [2.24, 2.45) is 11.8 Å². The average Bonchev–Trinajstić information content (AvgIpc) is 3.20. The predicted molar refractivity (Wildman–Crippen MR) is 74.4 cm³/mol. The molecule has 0 aromatic carbocycles. The summed E-state index contributed by atoms with van der Waals surface area (Å²) in [6, 6.07) is 0. The number of carbonyl (C=O) groups excluding carboxylic acids is 1. The van der Waals surface area contributed by atoms with Crippen LogP contribution in [0.1, 0.15) is 52.9 Å². The van der Waals surface area contributed by atoms with E-state index in [1.807, 2.05) is 0 Å². The van der Waals surface area contributed by atoms with Gasteiger partial charge in [0.1, 0.15) is 0 Å². The minimum Gasteiger partial charge on any atom is -0.354 e. The van der Waals surface area contributed by atoms with Crippen LogP contribution in [0.5, 0.6) is 0 Å². The second kappa shape index (κ2) is 5.60. The van der Waals surface area contributed by atoms with E-state index in [-0.39, 0.29) is 11.4 Å². The Kier molecular flexibility index (Phi) is 4.31. The first-order valence-electron chi connectivity index (χ1n) is 7.55. The van der Waals surface area contributed by atoms with Crippen LogP contribution in [0.15, 0.2) is 0 Å². The zero-order valence-electron chi connectivity index (χ0n) is 12.2. The minimum atomic E-state index is 0.0956. The third-order valence-corrected chi connectivity index (χ3v) is 4.60. The molecule has 2 aliphatic rings. The van der Waals surface area contributed by atoms with Crippen LogP contribution < -0.4 is 5.32 Å². The molecule has 104 valence electrons. The van der Waals surface area contributed by atoms with E-state index in [4.69, 9.17) is 0 Å². The van der Waals surface area contributed by atoms with Crippen molar-refractivity contribution in [2.45, 2.75) is 58.4 Å². The fraction of sp³-hybridized carbons (Fsp3) is 0.933. The van der Waals surface area contributed by atoms with Crippen LogP contribution in [0.25, 0.3) is 0 Å². The van der Waals surface area contributed by atoms with Gasteiger partial charge in [-0.25, -0.2) is 0 Å².